The number of hydrogen-bond donors (Lipinski definition) is 1. The van der Waals surface area contributed by atoms with Crippen molar-refractivity contribution >= 4 is 5.91 Å². The zero-order valence-corrected chi connectivity index (χ0v) is 12.4. The molecule has 2 aromatic heterocycles. The molecule has 6 heteroatoms. The van der Waals surface area contributed by atoms with E-state index in [0.717, 1.165) is 37.4 Å². The number of H-pyrrole nitrogens is 1. The third-order valence-corrected chi connectivity index (χ3v) is 4.53. The molecule has 3 heterocycles. The summed E-state index contributed by atoms with van der Waals surface area (Å²) in [6.45, 7) is 1.53. The zero-order chi connectivity index (χ0) is 14.9. The highest BCUT2D eigenvalue weighted by Crippen LogP contribution is 2.37. The average Bonchev–Trinajstić information content (AvgIpc) is 3.28. The highest BCUT2D eigenvalue weighted by molar-refractivity contribution is 5.93. The minimum Gasteiger partial charge on any atom is -0.338 e. The summed E-state index contributed by atoms with van der Waals surface area (Å²) in [5, 5.41) is 7.03. The fourth-order valence-corrected chi connectivity index (χ4v) is 3.09. The molecule has 1 aliphatic carbocycles. The largest absolute Gasteiger partial charge is 0.338 e. The van der Waals surface area contributed by atoms with E-state index in [0.29, 0.717) is 17.4 Å². The van der Waals surface area contributed by atoms with Crippen LogP contribution in [0.3, 0.4) is 0 Å². The quantitative estimate of drug-likeness (QED) is 0.941. The van der Waals surface area contributed by atoms with Gasteiger partial charge in [0.05, 0.1) is 5.56 Å². The molecule has 0 radical (unpaired) electrons. The topological polar surface area (TPSA) is 74.8 Å². The van der Waals surface area contributed by atoms with E-state index in [1.165, 1.54) is 12.8 Å². The molecule has 1 saturated heterocycles. The summed E-state index contributed by atoms with van der Waals surface area (Å²) in [7, 11) is 0. The van der Waals surface area contributed by atoms with Crippen LogP contribution in [0, 0.1) is 0 Å². The standard InChI is InChI=1S/C16H19N5O/c22-16(13-8-17-15(18-9-13)11-3-4-11)21-7-1-2-12(10-21)14-5-6-19-20-14/h5-6,8-9,11-12H,1-4,7,10H2,(H,19,20)/t12-/m1/s1. The van der Waals surface area contributed by atoms with Crippen molar-refractivity contribution in [2.75, 3.05) is 13.1 Å². The molecular formula is C16H19N5O. The van der Waals surface area contributed by atoms with Gasteiger partial charge in [0.2, 0.25) is 0 Å². The first-order chi connectivity index (χ1) is 10.8. The Morgan fingerprint density at radius 2 is 2.00 bits per heavy atom. The van der Waals surface area contributed by atoms with Crippen molar-refractivity contribution in [3.8, 4) is 0 Å². The Labute approximate surface area is 129 Å². The van der Waals surface area contributed by atoms with Crippen LogP contribution >= 0.6 is 0 Å². The van der Waals surface area contributed by atoms with Crippen LogP contribution in [0.4, 0.5) is 0 Å². The average molecular weight is 297 g/mol. The lowest BCUT2D eigenvalue weighted by molar-refractivity contribution is 0.0705. The molecule has 4 rings (SSSR count). The summed E-state index contributed by atoms with van der Waals surface area (Å²) in [6, 6.07) is 1.99. The van der Waals surface area contributed by atoms with Crippen LogP contribution in [-0.2, 0) is 0 Å². The molecule has 1 N–H and O–H groups in total. The Bertz CT molecular complexity index is 648. The Kier molecular flexibility index (Phi) is 3.36. The summed E-state index contributed by atoms with van der Waals surface area (Å²) < 4.78 is 0. The molecule has 0 spiro atoms. The van der Waals surface area contributed by atoms with E-state index in [1.54, 1.807) is 18.6 Å². The van der Waals surface area contributed by atoms with Gasteiger partial charge in [0, 0.05) is 49.2 Å². The molecule has 2 aromatic rings. The van der Waals surface area contributed by atoms with Gasteiger partial charge in [0.15, 0.2) is 0 Å². The second-order valence-electron chi connectivity index (χ2n) is 6.21. The Balaban J connectivity index is 1.47. The number of aromatic nitrogens is 4. The number of rotatable bonds is 3. The molecule has 1 atom stereocenters. The zero-order valence-electron chi connectivity index (χ0n) is 12.4. The Hall–Kier alpha value is -2.24. The van der Waals surface area contributed by atoms with Gasteiger partial charge in [0.25, 0.3) is 5.91 Å². The van der Waals surface area contributed by atoms with Gasteiger partial charge in [-0.25, -0.2) is 9.97 Å². The summed E-state index contributed by atoms with van der Waals surface area (Å²) in [5.74, 6) is 1.77. The lowest BCUT2D eigenvalue weighted by Gasteiger charge is -2.32. The molecule has 6 nitrogen and oxygen atoms in total. The monoisotopic (exact) mass is 297 g/mol. The van der Waals surface area contributed by atoms with Crippen LogP contribution in [0.15, 0.2) is 24.7 Å². The molecule has 22 heavy (non-hydrogen) atoms. The van der Waals surface area contributed by atoms with Crippen molar-refractivity contribution < 1.29 is 4.79 Å². The molecule has 1 amide bonds. The number of amides is 1. The maximum atomic E-state index is 12.6. The van der Waals surface area contributed by atoms with Gasteiger partial charge >= 0.3 is 0 Å². The van der Waals surface area contributed by atoms with Crippen molar-refractivity contribution in [1.29, 1.82) is 0 Å². The van der Waals surface area contributed by atoms with E-state index < -0.39 is 0 Å². The highest BCUT2D eigenvalue weighted by Gasteiger charge is 2.28. The van der Waals surface area contributed by atoms with Crippen molar-refractivity contribution in [2.45, 2.75) is 37.5 Å². The van der Waals surface area contributed by atoms with Crippen LogP contribution in [-0.4, -0.2) is 44.1 Å². The first-order valence-electron chi connectivity index (χ1n) is 7.92. The van der Waals surface area contributed by atoms with Gasteiger partial charge in [-0.3, -0.25) is 9.89 Å². The predicted octanol–water partition coefficient (Wildman–Crippen LogP) is 2.10. The molecule has 1 saturated carbocycles. The van der Waals surface area contributed by atoms with Crippen LogP contribution < -0.4 is 0 Å². The third kappa shape index (κ3) is 2.61. The first-order valence-corrected chi connectivity index (χ1v) is 7.92. The van der Waals surface area contributed by atoms with E-state index in [2.05, 4.69) is 20.2 Å². The lowest BCUT2D eigenvalue weighted by atomic mass is 9.94. The van der Waals surface area contributed by atoms with E-state index in [4.69, 9.17) is 0 Å². The molecule has 0 bridgehead atoms. The van der Waals surface area contributed by atoms with Crippen LogP contribution in [0.25, 0.3) is 0 Å². The maximum absolute atomic E-state index is 12.6. The lowest BCUT2D eigenvalue weighted by Crippen LogP contribution is -2.39. The number of nitrogens with zero attached hydrogens (tertiary/aromatic N) is 4. The minimum atomic E-state index is 0.0339. The van der Waals surface area contributed by atoms with E-state index >= 15 is 0 Å². The number of nitrogens with one attached hydrogen (secondary N) is 1. The molecular weight excluding hydrogens is 278 g/mol. The number of carbonyl (C=O) groups excluding carboxylic acids is 1. The van der Waals surface area contributed by atoms with Crippen LogP contribution in [0.5, 0.6) is 0 Å². The summed E-state index contributed by atoms with van der Waals surface area (Å²) in [6.07, 6.45) is 9.57. The van der Waals surface area contributed by atoms with Gasteiger partial charge in [0.1, 0.15) is 5.82 Å². The van der Waals surface area contributed by atoms with Gasteiger partial charge in [-0.05, 0) is 31.7 Å². The predicted molar refractivity (Wildman–Crippen MR) is 80.5 cm³/mol. The van der Waals surface area contributed by atoms with Gasteiger partial charge in [-0.15, -0.1) is 0 Å². The number of piperidine rings is 1. The van der Waals surface area contributed by atoms with Crippen molar-refractivity contribution in [2.24, 2.45) is 0 Å². The molecule has 0 aromatic carbocycles. The SMILES string of the molecule is O=C(c1cnc(C2CC2)nc1)N1CCC[C@@H](c2ccn[nH]2)C1. The second-order valence-corrected chi connectivity index (χ2v) is 6.21. The van der Waals surface area contributed by atoms with E-state index in [-0.39, 0.29) is 5.91 Å². The fourth-order valence-electron chi connectivity index (χ4n) is 3.09. The second kappa shape index (κ2) is 5.51. The van der Waals surface area contributed by atoms with Crippen molar-refractivity contribution in [1.82, 2.24) is 25.1 Å². The fraction of sp³-hybridized carbons (Fsp3) is 0.500. The molecule has 114 valence electrons. The Morgan fingerprint density at radius 3 is 2.68 bits per heavy atom. The Morgan fingerprint density at radius 1 is 1.18 bits per heavy atom. The molecule has 2 fully saturated rings. The van der Waals surface area contributed by atoms with Crippen LogP contribution in [0.2, 0.25) is 0 Å². The van der Waals surface area contributed by atoms with Crippen molar-refractivity contribution in [3.63, 3.8) is 0 Å². The minimum absolute atomic E-state index is 0.0339. The third-order valence-electron chi connectivity index (χ3n) is 4.53. The molecule has 0 unspecified atom stereocenters. The van der Waals surface area contributed by atoms with Gasteiger partial charge in [-0.1, -0.05) is 0 Å². The first kappa shape index (κ1) is 13.4. The van der Waals surface area contributed by atoms with Gasteiger partial charge < -0.3 is 4.90 Å². The molecule has 1 aliphatic heterocycles. The molecule has 2 aliphatic rings. The highest BCUT2D eigenvalue weighted by atomic mass is 16.2. The number of likely N-dealkylation sites (tertiary alicyclic amines) is 1. The van der Waals surface area contributed by atoms with Crippen LogP contribution in [0.1, 0.15) is 59.4 Å². The van der Waals surface area contributed by atoms with Gasteiger partial charge in [-0.2, -0.15) is 5.10 Å². The number of aromatic amines is 1. The normalized spacial score (nSPS) is 21.8. The maximum Gasteiger partial charge on any atom is 0.257 e. The number of hydrogen-bond acceptors (Lipinski definition) is 4. The van der Waals surface area contributed by atoms with Crippen molar-refractivity contribution in [3.05, 3.63) is 41.7 Å². The van der Waals surface area contributed by atoms with E-state index in [9.17, 15) is 4.79 Å². The smallest absolute Gasteiger partial charge is 0.257 e. The summed E-state index contributed by atoms with van der Waals surface area (Å²) in [4.78, 5) is 23.2. The number of carbonyl (C=O) groups is 1. The van der Waals surface area contributed by atoms with E-state index in [1.807, 2.05) is 11.0 Å². The summed E-state index contributed by atoms with van der Waals surface area (Å²) >= 11 is 0. The summed E-state index contributed by atoms with van der Waals surface area (Å²) in [5.41, 5.74) is 1.70.